The Bertz CT molecular complexity index is 303. The van der Waals surface area contributed by atoms with Crippen molar-refractivity contribution in [2.75, 3.05) is 0 Å². The van der Waals surface area contributed by atoms with Gasteiger partial charge in [-0.2, -0.15) is 0 Å². The average Bonchev–Trinajstić information content (AvgIpc) is 2.07. The molecule has 1 nitrogen and oxygen atoms in total. The second-order valence-corrected chi connectivity index (χ2v) is 4.12. The maximum absolute atomic E-state index is 13.3. The van der Waals surface area contributed by atoms with Gasteiger partial charge in [0.2, 0.25) is 0 Å². The van der Waals surface area contributed by atoms with E-state index >= 15 is 0 Å². The highest BCUT2D eigenvalue weighted by atomic mass is 35.5. The largest absolute Gasteiger partial charge is 0.310 e. The minimum absolute atomic E-state index is 0.218. The lowest BCUT2D eigenvalue weighted by Crippen LogP contribution is -2.34. The molecule has 1 N–H and O–H groups in total. The van der Waals surface area contributed by atoms with E-state index in [9.17, 15) is 4.39 Å². The van der Waals surface area contributed by atoms with Crippen LogP contribution in [0.25, 0.3) is 0 Å². The van der Waals surface area contributed by atoms with Crippen molar-refractivity contribution in [1.82, 2.24) is 5.32 Å². The molecule has 2 rings (SSSR count). The van der Waals surface area contributed by atoms with Gasteiger partial charge >= 0.3 is 0 Å². The first-order valence-electron chi connectivity index (χ1n) is 4.93. The number of benzene rings is 1. The minimum Gasteiger partial charge on any atom is -0.310 e. The van der Waals surface area contributed by atoms with E-state index in [1.807, 2.05) is 0 Å². The van der Waals surface area contributed by atoms with Gasteiger partial charge in [-0.25, -0.2) is 4.39 Å². The van der Waals surface area contributed by atoms with Crippen molar-refractivity contribution in [2.45, 2.75) is 31.8 Å². The number of hydrogen-bond donors (Lipinski definition) is 1. The van der Waals surface area contributed by atoms with Crippen LogP contribution >= 0.6 is 11.6 Å². The highest BCUT2D eigenvalue weighted by Gasteiger charge is 2.17. The van der Waals surface area contributed by atoms with Crippen LogP contribution in [0.2, 0.25) is 5.02 Å². The first-order chi connectivity index (χ1) is 6.77. The second kappa shape index (κ2) is 4.28. The summed E-state index contributed by atoms with van der Waals surface area (Å²) in [5, 5.41) is 3.80. The van der Waals surface area contributed by atoms with Gasteiger partial charge in [0, 0.05) is 23.2 Å². The van der Waals surface area contributed by atoms with Crippen molar-refractivity contribution in [2.24, 2.45) is 0 Å². The van der Waals surface area contributed by atoms with E-state index < -0.39 is 0 Å². The smallest absolute Gasteiger partial charge is 0.129 e. The van der Waals surface area contributed by atoms with Crippen LogP contribution in [-0.2, 0) is 6.54 Å². The molecule has 0 saturated heterocycles. The molecule has 0 spiro atoms. The lowest BCUT2D eigenvalue weighted by atomic mass is 9.93. The van der Waals surface area contributed by atoms with E-state index in [0.29, 0.717) is 23.2 Å². The predicted octanol–water partition coefficient (Wildman–Crippen LogP) is 3.12. The predicted molar refractivity (Wildman–Crippen MR) is 55.9 cm³/mol. The van der Waals surface area contributed by atoms with Gasteiger partial charge in [0.25, 0.3) is 0 Å². The molecule has 1 aromatic rings. The van der Waals surface area contributed by atoms with E-state index in [1.165, 1.54) is 25.3 Å². The lowest BCUT2D eigenvalue weighted by molar-refractivity contribution is 0.336. The molecule has 0 aliphatic heterocycles. The molecule has 1 aromatic carbocycles. The van der Waals surface area contributed by atoms with Crippen molar-refractivity contribution >= 4 is 11.6 Å². The Morgan fingerprint density at radius 1 is 1.43 bits per heavy atom. The highest BCUT2D eigenvalue weighted by molar-refractivity contribution is 6.31. The SMILES string of the molecule is Fc1cccc(Cl)c1CNC1CCC1. The monoisotopic (exact) mass is 213 g/mol. The molecule has 0 aromatic heterocycles. The number of halogens is 2. The molecule has 1 aliphatic carbocycles. The summed E-state index contributed by atoms with van der Waals surface area (Å²) in [4.78, 5) is 0. The average molecular weight is 214 g/mol. The molecule has 14 heavy (non-hydrogen) atoms. The number of hydrogen-bond acceptors (Lipinski definition) is 1. The van der Waals surface area contributed by atoms with Gasteiger partial charge in [-0.15, -0.1) is 0 Å². The lowest BCUT2D eigenvalue weighted by Gasteiger charge is -2.26. The zero-order valence-electron chi connectivity index (χ0n) is 7.89. The molecule has 0 unspecified atom stereocenters. The van der Waals surface area contributed by atoms with Gasteiger partial charge in [0.05, 0.1) is 0 Å². The molecule has 1 aliphatic rings. The molecule has 1 fully saturated rings. The van der Waals surface area contributed by atoms with Crippen molar-refractivity contribution < 1.29 is 4.39 Å². The van der Waals surface area contributed by atoms with E-state index in [-0.39, 0.29) is 5.82 Å². The molecule has 0 amide bonds. The second-order valence-electron chi connectivity index (χ2n) is 3.71. The highest BCUT2D eigenvalue weighted by Crippen LogP contribution is 2.22. The Morgan fingerprint density at radius 2 is 2.21 bits per heavy atom. The molecular weight excluding hydrogens is 201 g/mol. The third-order valence-corrected chi connectivity index (χ3v) is 3.09. The summed E-state index contributed by atoms with van der Waals surface area (Å²) < 4.78 is 13.3. The normalized spacial score (nSPS) is 16.7. The fraction of sp³-hybridized carbons (Fsp3) is 0.455. The molecule has 3 heteroatoms. The summed E-state index contributed by atoms with van der Waals surface area (Å²) in [6.07, 6.45) is 3.68. The molecule has 0 atom stereocenters. The zero-order chi connectivity index (χ0) is 9.97. The van der Waals surface area contributed by atoms with E-state index in [0.717, 1.165) is 0 Å². The fourth-order valence-electron chi connectivity index (χ4n) is 1.56. The summed E-state index contributed by atoms with van der Waals surface area (Å²) in [7, 11) is 0. The minimum atomic E-state index is -0.218. The molecule has 0 bridgehead atoms. The molecule has 0 radical (unpaired) electrons. The Hall–Kier alpha value is -0.600. The van der Waals surface area contributed by atoms with Crippen LogP contribution in [0.3, 0.4) is 0 Å². The maximum atomic E-state index is 13.3. The van der Waals surface area contributed by atoms with Gasteiger partial charge in [-0.3, -0.25) is 0 Å². The van der Waals surface area contributed by atoms with Crippen LogP contribution in [0.1, 0.15) is 24.8 Å². The van der Waals surface area contributed by atoms with E-state index in [2.05, 4.69) is 5.32 Å². The fourth-order valence-corrected chi connectivity index (χ4v) is 1.79. The van der Waals surface area contributed by atoms with Crippen molar-refractivity contribution in [3.63, 3.8) is 0 Å². The van der Waals surface area contributed by atoms with Crippen molar-refractivity contribution in [1.29, 1.82) is 0 Å². The quantitative estimate of drug-likeness (QED) is 0.814. The third kappa shape index (κ3) is 2.07. The van der Waals surface area contributed by atoms with Gasteiger partial charge in [0.15, 0.2) is 0 Å². The summed E-state index contributed by atoms with van der Waals surface area (Å²) in [5.74, 6) is -0.218. The van der Waals surface area contributed by atoms with Crippen molar-refractivity contribution in [3.05, 3.63) is 34.6 Å². The first kappa shape index (κ1) is 9.94. The summed E-state index contributed by atoms with van der Waals surface area (Å²) in [5.41, 5.74) is 0.584. The number of nitrogens with one attached hydrogen (secondary N) is 1. The van der Waals surface area contributed by atoms with Crippen LogP contribution in [-0.4, -0.2) is 6.04 Å². The van der Waals surface area contributed by atoms with E-state index in [1.54, 1.807) is 12.1 Å². The van der Waals surface area contributed by atoms with Crippen LogP contribution in [0.15, 0.2) is 18.2 Å². The molecule has 76 valence electrons. The van der Waals surface area contributed by atoms with Gasteiger partial charge in [-0.1, -0.05) is 24.1 Å². The zero-order valence-corrected chi connectivity index (χ0v) is 8.65. The molecule has 1 saturated carbocycles. The van der Waals surface area contributed by atoms with Crippen LogP contribution < -0.4 is 5.32 Å². The Balaban J connectivity index is 2.00. The Kier molecular flexibility index (Phi) is 3.04. The van der Waals surface area contributed by atoms with Gasteiger partial charge < -0.3 is 5.32 Å². The van der Waals surface area contributed by atoms with E-state index in [4.69, 9.17) is 11.6 Å². The van der Waals surface area contributed by atoms with Crippen LogP contribution in [0.4, 0.5) is 4.39 Å². The van der Waals surface area contributed by atoms with Crippen molar-refractivity contribution in [3.8, 4) is 0 Å². The first-order valence-corrected chi connectivity index (χ1v) is 5.31. The maximum Gasteiger partial charge on any atom is 0.129 e. The number of rotatable bonds is 3. The third-order valence-electron chi connectivity index (χ3n) is 2.73. The Morgan fingerprint density at radius 3 is 2.79 bits per heavy atom. The standard InChI is InChI=1S/C11H13ClFN/c12-10-5-2-6-11(13)9(10)7-14-8-3-1-4-8/h2,5-6,8,14H,1,3-4,7H2. The summed E-state index contributed by atoms with van der Waals surface area (Å²) >= 11 is 5.89. The van der Waals surface area contributed by atoms with Crippen LogP contribution in [0.5, 0.6) is 0 Å². The summed E-state index contributed by atoms with van der Waals surface area (Å²) in [6.45, 7) is 0.538. The summed E-state index contributed by atoms with van der Waals surface area (Å²) in [6, 6.07) is 5.36. The molecule has 0 heterocycles. The topological polar surface area (TPSA) is 12.0 Å². The molecular formula is C11H13ClFN. The van der Waals surface area contributed by atoms with Crippen LogP contribution in [0, 0.1) is 5.82 Å². The van der Waals surface area contributed by atoms with Gasteiger partial charge in [0.1, 0.15) is 5.82 Å². The Labute approximate surface area is 88.3 Å². The van der Waals surface area contributed by atoms with Gasteiger partial charge in [-0.05, 0) is 25.0 Å².